The van der Waals surface area contributed by atoms with Crippen molar-refractivity contribution in [2.75, 3.05) is 37.8 Å². The molecule has 1 saturated heterocycles. The zero-order valence-corrected chi connectivity index (χ0v) is 18.2. The van der Waals surface area contributed by atoms with E-state index in [0.29, 0.717) is 24.3 Å². The molecule has 1 aliphatic rings. The molecule has 3 rings (SSSR count). The maximum atomic E-state index is 12.3. The Balaban J connectivity index is 1.58. The number of pyridine rings is 1. The standard InChI is InChI=1S/C25H25N3O5/c1-18(30)24(22(31)17-29)27-25(32)21-9-6-19(7-10-21)4-2-3-5-20-8-11-23(26-16-20)28-12-14-33-15-13-28/h6-11,16,18,24,29-30H,12-15,17H2,1H3,(H,27,32)/t18-,24+/m1/s1. The van der Waals surface area contributed by atoms with Gasteiger partial charge in [0.15, 0.2) is 5.78 Å². The number of aliphatic hydroxyl groups excluding tert-OH is 2. The third kappa shape index (κ3) is 6.90. The summed E-state index contributed by atoms with van der Waals surface area (Å²) in [5, 5.41) is 21.0. The molecule has 0 bridgehead atoms. The van der Waals surface area contributed by atoms with Gasteiger partial charge < -0.3 is 25.2 Å². The summed E-state index contributed by atoms with van der Waals surface area (Å²) in [6, 6.07) is 9.11. The summed E-state index contributed by atoms with van der Waals surface area (Å²) in [7, 11) is 0. The second-order valence-corrected chi connectivity index (χ2v) is 7.40. The molecule has 8 heteroatoms. The van der Waals surface area contributed by atoms with E-state index in [-0.39, 0.29) is 0 Å². The van der Waals surface area contributed by atoms with Gasteiger partial charge in [0, 0.05) is 36.0 Å². The van der Waals surface area contributed by atoms with Crippen LogP contribution in [-0.4, -0.2) is 71.9 Å². The Morgan fingerprint density at radius 1 is 1.09 bits per heavy atom. The molecule has 2 atom stereocenters. The van der Waals surface area contributed by atoms with E-state index in [1.807, 2.05) is 12.1 Å². The molecule has 2 aromatic rings. The smallest absolute Gasteiger partial charge is 0.251 e. The lowest BCUT2D eigenvalue weighted by atomic mass is 10.1. The van der Waals surface area contributed by atoms with Crippen molar-refractivity contribution in [3.05, 3.63) is 59.3 Å². The van der Waals surface area contributed by atoms with Crippen LogP contribution in [0.5, 0.6) is 0 Å². The summed E-state index contributed by atoms with van der Waals surface area (Å²) < 4.78 is 5.34. The lowest BCUT2D eigenvalue weighted by Crippen LogP contribution is -2.48. The average Bonchev–Trinajstić information content (AvgIpc) is 2.85. The van der Waals surface area contributed by atoms with Gasteiger partial charge in [-0.25, -0.2) is 4.98 Å². The first-order valence-corrected chi connectivity index (χ1v) is 10.5. The summed E-state index contributed by atoms with van der Waals surface area (Å²) in [5.41, 5.74) is 1.73. The van der Waals surface area contributed by atoms with Crippen molar-refractivity contribution in [2.45, 2.75) is 19.1 Å². The van der Waals surface area contributed by atoms with E-state index >= 15 is 0 Å². The first-order chi connectivity index (χ1) is 16.0. The average molecular weight is 447 g/mol. The van der Waals surface area contributed by atoms with E-state index < -0.39 is 30.4 Å². The number of aliphatic hydroxyl groups is 2. The monoisotopic (exact) mass is 447 g/mol. The van der Waals surface area contributed by atoms with E-state index in [4.69, 9.17) is 9.84 Å². The SMILES string of the molecule is C[C@@H](O)[C@H](NC(=O)c1ccc(C#CC#Cc2ccc(N3CCOCC3)nc2)cc1)C(=O)CO. The lowest BCUT2D eigenvalue weighted by molar-refractivity contribution is -0.125. The van der Waals surface area contributed by atoms with Gasteiger partial charge in [0.2, 0.25) is 0 Å². The van der Waals surface area contributed by atoms with Crippen molar-refractivity contribution >= 4 is 17.5 Å². The first kappa shape index (κ1) is 24.0. The molecule has 1 amide bonds. The number of ether oxygens (including phenoxy) is 1. The number of ketones is 1. The van der Waals surface area contributed by atoms with E-state index in [1.54, 1.807) is 30.5 Å². The molecule has 1 aromatic heterocycles. The fraction of sp³-hybridized carbons (Fsp3) is 0.320. The Labute approximate surface area is 192 Å². The number of nitrogens with zero attached hydrogens (tertiary/aromatic N) is 2. The number of Topliss-reactive ketones (excluding diaryl/α,β-unsaturated/α-hetero) is 1. The number of carbonyl (C=O) groups excluding carboxylic acids is 2. The van der Waals surface area contributed by atoms with Crippen LogP contribution in [0.3, 0.4) is 0 Å². The minimum Gasteiger partial charge on any atom is -0.391 e. The van der Waals surface area contributed by atoms with Gasteiger partial charge in [-0.1, -0.05) is 11.8 Å². The minimum atomic E-state index is -1.17. The molecule has 8 nitrogen and oxygen atoms in total. The number of anilines is 1. The van der Waals surface area contributed by atoms with Crippen LogP contribution in [0.4, 0.5) is 5.82 Å². The van der Waals surface area contributed by atoms with Crippen molar-refractivity contribution in [2.24, 2.45) is 0 Å². The number of morpholine rings is 1. The van der Waals surface area contributed by atoms with Crippen molar-refractivity contribution in [3.8, 4) is 23.7 Å². The van der Waals surface area contributed by atoms with Gasteiger partial charge in [-0.05, 0) is 55.2 Å². The van der Waals surface area contributed by atoms with Crippen molar-refractivity contribution in [1.82, 2.24) is 10.3 Å². The fourth-order valence-electron chi connectivity index (χ4n) is 3.14. The van der Waals surface area contributed by atoms with E-state index in [1.165, 1.54) is 6.92 Å². The third-order valence-electron chi connectivity index (χ3n) is 4.98. The van der Waals surface area contributed by atoms with E-state index in [9.17, 15) is 14.7 Å². The predicted molar refractivity (Wildman–Crippen MR) is 122 cm³/mol. The number of rotatable bonds is 6. The number of benzene rings is 1. The van der Waals surface area contributed by atoms with E-state index in [0.717, 1.165) is 24.5 Å². The molecular weight excluding hydrogens is 422 g/mol. The maximum Gasteiger partial charge on any atom is 0.251 e. The molecule has 0 unspecified atom stereocenters. The van der Waals surface area contributed by atoms with Crippen molar-refractivity contribution < 1.29 is 24.5 Å². The van der Waals surface area contributed by atoms with Crippen LogP contribution in [0.2, 0.25) is 0 Å². The molecule has 0 aliphatic carbocycles. The van der Waals surface area contributed by atoms with Gasteiger partial charge in [-0.2, -0.15) is 0 Å². The Bertz CT molecular complexity index is 1080. The van der Waals surface area contributed by atoms with Gasteiger partial charge in [-0.3, -0.25) is 9.59 Å². The number of nitrogens with one attached hydrogen (secondary N) is 1. The van der Waals surface area contributed by atoms with Crippen LogP contribution < -0.4 is 10.2 Å². The van der Waals surface area contributed by atoms with Crippen LogP contribution in [0.1, 0.15) is 28.4 Å². The molecule has 2 heterocycles. The highest BCUT2D eigenvalue weighted by Gasteiger charge is 2.25. The van der Waals surface area contributed by atoms with E-state index in [2.05, 4.69) is 38.9 Å². The second kappa shape index (κ2) is 11.8. The summed E-state index contributed by atoms with van der Waals surface area (Å²) >= 11 is 0. The van der Waals surface area contributed by atoms with Gasteiger partial charge in [0.25, 0.3) is 5.91 Å². The molecule has 1 aromatic carbocycles. The Morgan fingerprint density at radius 2 is 1.73 bits per heavy atom. The summed E-state index contributed by atoms with van der Waals surface area (Å²) in [4.78, 5) is 30.6. The summed E-state index contributed by atoms with van der Waals surface area (Å²) in [6.07, 6.45) is 0.595. The maximum absolute atomic E-state index is 12.3. The highest BCUT2D eigenvalue weighted by atomic mass is 16.5. The van der Waals surface area contributed by atoms with Gasteiger partial charge in [0.1, 0.15) is 18.5 Å². The third-order valence-corrected chi connectivity index (χ3v) is 4.98. The predicted octanol–water partition coefficient (Wildman–Crippen LogP) is 0.362. The van der Waals surface area contributed by atoms with Crippen LogP contribution in [0.15, 0.2) is 42.6 Å². The quantitative estimate of drug-likeness (QED) is 0.549. The van der Waals surface area contributed by atoms with Crippen molar-refractivity contribution in [1.29, 1.82) is 0 Å². The zero-order chi connectivity index (χ0) is 23.6. The van der Waals surface area contributed by atoms with Crippen molar-refractivity contribution in [3.63, 3.8) is 0 Å². The lowest BCUT2D eigenvalue weighted by Gasteiger charge is -2.27. The minimum absolute atomic E-state index is 0.300. The Morgan fingerprint density at radius 3 is 2.30 bits per heavy atom. The molecule has 0 radical (unpaired) electrons. The topological polar surface area (TPSA) is 112 Å². The van der Waals surface area contributed by atoms with Crippen LogP contribution in [0, 0.1) is 23.7 Å². The first-order valence-electron chi connectivity index (χ1n) is 10.5. The second-order valence-electron chi connectivity index (χ2n) is 7.40. The normalized spacial score (nSPS) is 14.7. The Kier molecular flexibility index (Phi) is 8.56. The molecule has 1 fully saturated rings. The van der Waals surface area contributed by atoms with Gasteiger partial charge in [-0.15, -0.1) is 0 Å². The van der Waals surface area contributed by atoms with Crippen LogP contribution >= 0.6 is 0 Å². The number of hydrogen-bond acceptors (Lipinski definition) is 7. The molecule has 33 heavy (non-hydrogen) atoms. The number of carbonyl (C=O) groups is 2. The summed E-state index contributed by atoms with van der Waals surface area (Å²) in [6.45, 7) is 3.66. The number of aromatic nitrogens is 1. The highest BCUT2D eigenvalue weighted by molar-refractivity contribution is 5.98. The van der Waals surface area contributed by atoms with Crippen LogP contribution in [-0.2, 0) is 9.53 Å². The molecular formula is C25H25N3O5. The summed E-state index contributed by atoms with van der Waals surface area (Å²) in [5.74, 6) is 11.1. The fourth-order valence-corrected chi connectivity index (χ4v) is 3.14. The molecule has 170 valence electrons. The molecule has 1 aliphatic heterocycles. The largest absolute Gasteiger partial charge is 0.391 e. The number of hydrogen-bond donors (Lipinski definition) is 3. The molecule has 3 N–H and O–H groups in total. The van der Waals surface area contributed by atoms with Crippen LogP contribution in [0.25, 0.3) is 0 Å². The van der Waals surface area contributed by atoms with Gasteiger partial charge >= 0.3 is 0 Å². The zero-order valence-electron chi connectivity index (χ0n) is 18.2. The Hall–Kier alpha value is -3.69. The van der Waals surface area contributed by atoms with Gasteiger partial charge in [0.05, 0.1) is 19.3 Å². The molecule has 0 spiro atoms. The molecule has 0 saturated carbocycles. The number of amides is 1. The highest BCUT2D eigenvalue weighted by Crippen LogP contribution is 2.12.